The second-order valence-corrected chi connectivity index (χ2v) is 4.05. The summed E-state index contributed by atoms with van der Waals surface area (Å²) in [6.45, 7) is 4.29. The average Bonchev–Trinajstić information content (AvgIpc) is 2.82. The van der Waals surface area contributed by atoms with Crippen LogP contribution >= 0.6 is 0 Å². The van der Waals surface area contributed by atoms with Gasteiger partial charge in [-0.25, -0.2) is 5.10 Å². The van der Waals surface area contributed by atoms with Crippen molar-refractivity contribution in [3.8, 4) is 0 Å². The van der Waals surface area contributed by atoms with Crippen LogP contribution in [0.15, 0.2) is 16.9 Å². The Bertz CT molecular complexity index is 353. The maximum atomic E-state index is 10.8. The molecule has 4 heteroatoms. The molecule has 1 fully saturated rings. The fraction of sp³-hybridized carbons (Fsp3) is 0.600. The van der Waals surface area contributed by atoms with E-state index >= 15 is 0 Å². The molecule has 2 rings (SSSR count). The van der Waals surface area contributed by atoms with Crippen LogP contribution in [0.1, 0.15) is 32.0 Å². The van der Waals surface area contributed by atoms with Gasteiger partial charge in [0.2, 0.25) is 0 Å². The molecule has 3 atom stereocenters. The lowest BCUT2D eigenvalue weighted by Gasteiger charge is -2.11. The summed E-state index contributed by atoms with van der Waals surface area (Å²) >= 11 is 0. The van der Waals surface area contributed by atoms with Crippen molar-refractivity contribution in [3.63, 3.8) is 0 Å². The van der Waals surface area contributed by atoms with Crippen molar-refractivity contribution in [1.29, 1.82) is 0 Å². The van der Waals surface area contributed by atoms with Crippen LogP contribution in [0.25, 0.3) is 0 Å². The van der Waals surface area contributed by atoms with Crippen LogP contribution in [0.3, 0.4) is 0 Å². The molecule has 1 aliphatic carbocycles. The Morgan fingerprint density at radius 3 is 2.86 bits per heavy atom. The van der Waals surface area contributed by atoms with Crippen molar-refractivity contribution in [2.45, 2.75) is 32.4 Å². The van der Waals surface area contributed by atoms with Gasteiger partial charge in [-0.3, -0.25) is 4.79 Å². The minimum atomic E-state index is -0.152. The van der Waals surface area contributed by atoms with E-state index in [1.807, 2.05) is 0 Å². The number of rotatable bonds is 3. The van der Waals surface area contributed by atoms with Gasteiger partial charge in [-0.05, 0) is 25.3 Å². The summed E-state index contributed by atoms with van der Waals surface area (Å²) in [7, 11) is 0. The summed E-state index contributed by atoms with van der Waals surface area (Å²) in [4.78, 5) is 10.8. The van der Waals surface area contributed by atoms with Crippen LogP contribution < -0.4 is 10.9 Å². The van der Waals surface area contributed by atoms with Gasteiger partial charge in [-0.15, -0.1) is 0 Å². The van der Waals surface area contributed by atoms with Gasteiger partial charge in [0.1, 0.15) is 0 Å². The quantitative estimate of drug-likeness (QED) is 0.747. The predicted molar refractivity (Wildman–Crippen MR) is 54.0 cm³/mol. The number of hydrogen-bond donors (Lipinski definition) is 2. The molecule has 2 N–H and O–H groups in total. The molecule has 4 nitrogen and oxygen atoms in total. The Hall–Kier alpha value is -1.16. The lowest BCUT2D eigenvalue weighted by Crippen LogP contribution is -2.24. The van der Waals surface area contributed by atoms with E-state index in [0.717, 1.165) is 11.6 Å². The third-order valence-corrected chi connectivity index (χ3v) is 2.72. The fourth-order valence-corrected chi connectivity index (χ4v) is 1.56. The highest BCUT2D eigenvalue weighted by Crippen LogP contribution is 2.31. The van der Waals surface area contributed by atoms with E-state index < -0.39 is 0 Å². The molecule has 76 valence electrons. The van der Waals surface area contributed by atoms with E-state index in [0.29, 0.717) is 6.04 Å². The number of H-pyrrole nitrogens is 1. The van der Waals surface area contributed by atoms with E-state index in [9.17, 15) is 4.79 Å². The van der Waals surface area contributed by atoms with Crippen LogP contribution in [-0.4, -0.2) is 16.2 Å². The van der Waals surface area contributed by atoms with Gasteiger partial charge in [0.15, 0.2) is 0 Å². The number of hydrogen-bond acceptors (Lipinski definition) is 3. The summed E-state index contributed by atoms with van der Waals surface area (Å²) in [5, 5.41) is 9.88. The summed E-state index contributed by atoms with van der Waals surface area (Å²) in [6, 6.07) is 4.11. The molecule has 1 aromatic heterocycles. The average molecular weight is 193 g/mol. The largest absolute Gasteiger partial charge is 0.306 e. The highest BCUT2D eigenvalue weighted by molar-refractivity contribution is 5.06. The van der Waals surface area contributed by atoms with Gasteiger partial charge in [0.05, 0.1) is 5.69 Å². The van der Waals surface area contributed by atoms with Crippen LogP contribution in [0.4, 0.5) is 0 Å². The first-order valence-electron chi connectivity index (χ1n) is 4.98. The van der Waals surface area contributed by atoms with Gasteiger partial charge in [-0.2, -0.15) is 5.10 Å². The predicted octanol–water partition coefficient (Wildman–Crippen LogP) is 0.829. The maximum Gasteiger partial charge on any atom is 0.264 e. The monoisotopic (exact) mass is 193 g/mol. The third kappa shape index (κ3) is 2.01. The van der Waals surface area contributed by atoms with Crippen LogP contribution in [0, 0.1) is 5.92 Å². The molecule has 0 amide bonds. The first-order chi connectivity index (χ1) is 6.66. The molecule has 0 bridgehead atoms. The SMILES string of the molecule is CC(NC1CC1C)c1ccc(=O)[nH]n1. The molecular formula is C10H15N3O. The van der Waals surface area contributed by atoms with E-state index in [4.69, 9.17) is 0 Å². The van der Waals surface area contributed by atoms with Crippen molar-refractivity contribution >= 4 is 0 Å². The van der Waals surface area contributed by atoms with Crippen molar-refractivity contribution in [1.82, 2.24) is 15.5 Å². The van der Waals surface area contributed by atoms with Gasteiger partial charge < -0.3 is 5.32 Å². The molecule has 0 aromatic carbocycles. The van der Waals surface area contributed by atoms with Crippen LogP contribution in [0.5, 0.6) is 0 Å². The maximum absolute atomic E-state index is 10.8. The molecule has 0 radical (unpaired) electrons. The summed E-state index contributed by atoms with van der Waals surface area (Å²) in [6.07, 6.45) is 1.24. The summed E-state index contributed by atoms with van der Waals surface area (Å²) in [5.41, 5.74) is 0.740. The third-order valence-electron chi connectivity index (χ3n) is 2.72. The molecule has 14 heavy (non-hydrogen) atoms. The van der Waals surface area contributed by atoms with Crippen molar-refractivity contribution in [2.24, 2.45) is 5.92 Å². The zero-order chi connectivity index (χ0) is 10.1. The smallest absolute Gasteiger partial charge is 0.264 e. The van der Waals surface area contributed by atoms with Crippen molar-refractivity contribution in [2.75, 3.05) is 0 Å². The molecule has 0 spiro atoms. The number of nitrogens with zero attached hydrogens (tertiary/aromatic N) is 1. The Balaban J connectivity index is 2.00. The number of aromatic amines is 1. The van der Waals surface area contributed by atoms with E-state index in [1.54, 1.807) is 6.07 Å². The Kier molecular flexibility index (Phi) is 2.37. The first-order valence-corrected chi connectivity index (χ1v) is 4.98. The summed E-state index contributed by atoms with van der Waals surface area (Å²) < 4.78 is 0. The van der Waals surface area contributed by atoms with Gasteiger partial charge in [0, 0.05) is 18.2 Å². The standard InChI is InChI=1S/C10H15N3O/c1-6-5-9(6)11-7(2)8-3-4-10(14)13-12-8/h3-4,6-7,9,11H,5H2,1-2H3,(H,13,14). The van der Waals surface area contributed by atoms with Gasteiger partial charge >= 0.3 is 0 Å². The molecule has 1 aromatic rings. The zero-order valence-electron chi connectivity index (χ0n) is 8.45. The molecular weight excluding hydrogens is 178 g/mol. The second-order valence-electron chi connectivity index (χ2n) is 4.05. The van der Waals surface area contributed by atoms with Crippen LogP contribution in [-0.2, 0) is 0 Å². The van der Waals surface area contributed by atoms with Crippen LogP contribution in [0.2, 0.25) is 0 Å². The molecule has 3 unspecified atom stereocenters. The zero-order valence-corrected chi connectivity index (χ0v) is 8.45. The fourth-order valence-electron chi connectivity index (χ4n) is 1.56. The molecule has 1 heterocycles. The van der Waals surface area contributed by atoms with Crippen molar-refractivity contribution < 1.29 is 0 Å². The first kappa shape index (κ1) is 9.40. The molecule has 0 saturated heterocycles. The summed E-state index contributed by atoms with van der Waals surface area (Å²) in [5.74, 6) is 0.778. The number of aromatic nitrogens is 2. The molecule has 1 saturated carbocycles. The van der Waals surface area contributed by atoms with Gasteiger partial charge in [0.25, 0.3) is 5.56 Å². The van der Waals surface area contributed by atoms with Gasteiger partial charge in [-0.1, -0.05) is 6.92 Å². The highest BCUT2D eigenvalue weighted by atomic mass is 16.1. The minimum absolute atomic E-state index is 0.152. The Labute approximate surface area is 82.7 Å². The van der Waals surface area contributed by atoms with Crippen molar-refractivity contribution in [3.05, 3.63) is 28.2 Å². The van der Waals surface area contributed by atoms with E-state index in [-0.39, 0.29) is 11.6 Å². The lowest BCUT2D eigenvalue weighted by atomic mass is 10.2. The number of nitrogens with one attached hydrogen (secondary N) is 2. The Morgan fingerprint density at radius 2 is 2.36 bits per heavy atom. The topological polar surface area (TPSA) is 57.8 Å². The molecule has 1 aliphatic rings. The van der Waals surface area contributed by atoms with E-state index in [2.05, 4.69) is 29.4 Å². The second kappa shape index (κ2) is 3.53. The van der Waals surface area contributed by atoms with E-state index in [1.165, 1.54) is 12.5 Å². The Morgan fingerprint density at radius 1 is 1.64 bits per heavy atom. The lowest BCUT2D eigenvalue weighted by molar-refractivity contribution is 0.534. The minimum Gasteiger partial charge on any atom is -0.306 e. The highest BCUT2D eigenvalue weighted by Gasteiger charge is 2.33. The molecule has 0 aliphatic heterocycles. The normalized spacial score (nSPS) is 27.3.